The van der Waals surface area contributed by atoms with Crippen molar-refractivity contribution < 1.29 is 4.79 Å². The Labute approximate surface area is 132 Å². The second-order valence-electron chi connectivity index (χ2n) is 7.61. The lowest BCUT2D eigenvalue weighted by Crippen LogP contribution is -2.67. The molecule has 1 aromatic rings. The Balaban J connectivity index is 2.08. The molecule has 2 fully saturated rings. The first kappa shape index (κ1) is 14.9. The second-order valence-corrected chi connectivity index (χ2v) is 8.05. The highest BCUT2D eigenvalue weighted by Gasteiger charge is 2.64. The third kappa shape index (κ3) is 2.11. The van der Waals surface area contributed by atoms with E-state index in [4.69, 9.17) is 11.6 Å². The summed E-state index contributed by atoms with van der Waals surface area (Å²) >= 11 is 6.11. The summed E-state index contributed by atoms with van der Waals surface area (Å²) in [6, 6.07) is 6.30. The molecule has 0 aromatic heterocycles. The fraction of sp³-hybridized carbons (Fsp3) is 0.611. The molecule has 3 rings (SSSR count). The maximum atomic E-state index is 12.9. The van der Waals surface area contributed by atoms with Crippen molar-refractivity contribution in [1.82, 2.24) is 4.90 Å². The summed E-state index contributed by atoms with van der Waals surface area (Å²) in [4.78, 5) is 15.0. The van der Waals surface area contributed by atoms with Gasteiger partial charge in [-0.05, 0) is 63.8 Å². The average Bonchev–Trinajstić information content (AvgIpc) is 2.86. The smallest absolute Gasteiger partial charge is 0.232 e. The SMILES string of the molecule is Cc1cc(Cl)ccc1[C@H]1N(C(C)(C)C)C(=O)C12CCCC2. The summed E-state index contributed by atoms with van der Waals surface area (Å²) in [6.45, 7) is 8.49. The molecule has 2 nitrogen and oxygen atoms in total. The molecule has 1 saturated heterocycles. The first-order chi connectivity index (χ1) is 9.77. The van der Waals surface area contributed by atoms with E-state index in [0.29, 0.717) is 5.91 Å². The Bertz CT molecular complexity index is 581. The van der Waals surface area contributed by atoms with Crippen molar-refractivity contribution in [1.29, 1.82) is 0 Å². The van der Waals surface area contributed by atoms with Gasteiger partial charge in [-0.25, -0.2) is 0 Å². The number of benzene rings is 1. The van der Waals surface area contributed by atoms with Crippen LogP contribution < -0.4 is 0 Å². The standard InChI is InChI=1S/C18H24ClNO/c1-12-11-13(19)7-8-14(12)15-18(9-5-6-10-18)16(21)20(15)17(2,3)4/h7-8,11,15H,5-6,9-10H2,1-4H3/t15-/m1/s1. The van der Waals surface area contributed by atoms with Crippen LogP contribution in [-0.4, -0.2) is 16.3 Å². The summed E-state index contributed by atoms with van der Waals surface area (Å²) in [5.74, 6) is 0.354. The molecule has 2 aliphatic rings. The monoisotopic (exact) mass is 305 g/mol. The van der Waals surface area contributed by atoms with Gasteiger partial charge in [-0.15, -0.1) is 0 Å². The van der Waals surface area contributed by atoms with E-state index in [1.165, 1.54) is 24.0 Å². The number of β-lactam (4-membered cyclic amide) rings is 1. The van der Waals surface area contributed by atoms with Gasteiger partial charge >= 0.3 is 0 Å². The molecular formula is C18H24ClNO. The number of carbonyl (C=O) groups is 1. The average molecular weight is 306 g/mol. The van der Waals surface area contributed by atoms with Crippen LogP contribution in [0.5, 0.6) is 0 Å². The molecule has 1 saturated carbocycles. The molecule has 1 aromatic carbocycles. The lowest BCUT2D eigenvalue weighted by Gasteiger charge is -2.60. The third-order valence-electron chi connectivity index (χ3n) is 5.17. The Kier molecular flexibility index (Phi) is 3.36. The van der Waals surface area contributed by atoms with E-state index in [1.807, 2.05) is 12.1 Å². The van der Waals surface area contributed by atoms with E-state index >= 15 is 0 Å². The van der Waals surface area contributed by atoms with Crippen molar-refractivity contribution in [2.45, 2.75) is 65.0 Å². The number of nitrogens with zero attached hydrogens (tertiary/aromatic N) is 1. The lowest BCUT2D eigenvalue weighted by molar-refractivity contribution is -0.184. The molecule has 0 N–H and O–H groups in total. The van der Waals surface area contributed by atoms with Gasteiger partial charge in [0.2, 0.25) is 5.91 Å². The number of hydrogen-bond acceptors (Lipinski definition) is 1. The largest absolute Gasteiger partial charge is 0.329 e. The first-order valence-corrected chi connectivity index (χ1v) is 8.25. The minimum Gasteiger partial charge on any atom is -0.329 e. The van der Waals surface area contributed by atoms with Crippen LogP contribution in [0.4, 0.5) is 0 Å². The van der Waals surface area contributed by atoms with Crippen molar-refractivity contribution in [3.05, 3.63) is 34.3 Å². The van der Waals surface area contributed by atoms with Crippen molar-refractivity contribution >= 4 is 17.5 Å². The molecule has 21 heavy (non-hydrogen) atoms. The summed E-state index contributed by atoms with van der Waals surface area (Å²) in [5, 5.41) is 0.768. The first-order valence-electron chi connectivity index (χ1n) is 7.87. The lowest BCUT2D eigenvalue weighted by atomic mass is 9.64. The predicted octanol–water partition coefficient (Wildman–Crippen LogP) is 4.89. The van der Waals surface area contributed by atoms with Gasteiger partial charge in [0.25, 0.3) is 0 Å². The fourth-order valence-corrected chi connectivity index (χ4v) is 4.45. The van der Waals surface area contributed by atoms with Crippen LogP contribution >= 0.6 is 11.6 Å². The van der Waals surface area contributed by atoms with Gasteiger partial charge in [0.05, 0.1) is 11.5 Å². The number of carbonyl (C=O) groups excluding carboxylic acids is 1. The van der Waals surface area contributed by atoms with Gasteiger partial charge < -0.3 is 4.90 Å². The van der Waals surface area contributed by atoms with Gasteiger partial charge in [-0.2, -0.15) is 0 Å². The molecule has 114 valence electrons. The highest BCUT2D eigenvalue weighted by Crippen LogP contribution is 2.61. The van der Waals surface area contributed by atoms with Crippen molar-refractivity contribution in [3.8, 4) is 0 Å². The van der Waals surface area contributed by atoms with Gasteiger partial charge in [0.15, 0.2) is 0 Å². The Morgan fingerprint density at radius 2 is 1.86 bits per heavy atom. The van der Waals surface area contributed by atoms with Crippen LogP contribution in [-0.2, 0) is 4.79 Å². The predicted molar refractivity (Wildman–Crippen MR) is 86.4 cm³/mol. The van der Waals surface area contributed by atoms with Crippen molar-refractivity contribution in [3.63, 3.8) is 0 Å². The van der Waals surface area contributed by atoms with Gasteiger partial charge in [-0.1, -0.05) is 30.5 Å². The highest BCUT2D eigenvalue weighted by molar-refractivity contribution is 6.30. The normalized spacial score (nSPS) is 24.5. The van der Waals surface area contributed by atoms with Crippen LogP contribution in [0.1, 0.15) is 63.6 Å². The molecule has 1 atom stereocenters. The van der Waals surface area contributed by atoms with Crippen molar-refractivity contribution in [2.75, 3.05) is 0 Å². The summed E-state index contributed by atoms with van der Waals surface area (Å²) in [6.07, 6.45) is 4.41. The molecule has 0 radical (unpaired) electrons. The zero-order valence-electron chi connectivity index (χ0n) is 13.4. The summed E-state index contributed by atoms with van der Waals surface area (Å²) in [7, 11) is 0. The zero-order chi connectivity index (χ0) is 15.4. The van der Waals surface area contributed by atoms with E-state index in [2.05, 4.69) is 38.7 Å². The minimum atomic E-state index is -0.147. The number of likely N-dealkylation sites (tertiary alicyclic amines) is 1. The third-order valence-corrected chi connectivity index (χ3v) is 5.41. The van der Waals surface area contributed by atoms with E-state index in [1.54, 1.807) is 0 Å². The zero-order valence-corrected chi connectivity index (χ0v) is 14.1. The molecule has 1 spiro atoms. The summed E-state index contributed by atoms with van der Waals surface area (Å²) in [5.41, 5.74) is 2.18. The molecule has 1 amide bonds. The van der Waals surface area contributed by atoms with Crippen LogP contribution in [0.25, 0.3) is 0 Å². The minimum absolute atomic E-state index is 0.137. The van der Waals surface area contributed by atoms with Crippen LogP contribution in [0.3, 0.4) is 0 Å². The molecule has 1 aliphatic heterocycles. The van der Waals surface area contributed by atoms with Crippen LogP contribution in [0.15, 0.2) is 18.2 Å². The van der Waals surface area contributed by atoms with Crippen LogP contribution in [0, 0.1) is 12.3 Å². The molecular weight excluding hydrogens is 282 g/mol. The molecule has 1 heterocycles. The molecule has 1 aliphatic carbocycles. The van der Waals surface area contributed by atoms with Gasteiger partial charge in [0, 0.05) is 10.6 Å². The fourth-order valence-electron chi connectivity index (χ4n) is 4.22. The summed E-state index contributed by atoms with van der Waals surface area (Å²) < 4.78 is 0. The second kappa shape index (κ2) is 4.74. The maximum Gasteiger partial charge on any atom is 0.232 e. The topological polar surface area (TPSA) is 20.3 Å². The number of aryl methyl sites for hydroxylation is 1. The Morgan fingerprint density at radius 3 is 2.38 bits per heavy atom. The number of halogens is 1. The Hall–Kier alpha value is -1.02. The van der Waals surface area contributed by atoms with E-state index in [-0.39, 0.29) is 17.0 Å². The van der Waals surface area contributed by atoms with Gasteiger partial charge in [0.1, 0.15) is 0 Å². The molecule has 0 bridgehead atoms. The van der Waals surface area contributed by atoms with E-state index in [0.717, 1.165) is 17.9 Å². The van der Waals surface area contributed by atoms with E-state index in [9.17, 15) is 4.79 Å². The molecule has 3 heteroatoms. The quantitative estimate of drug-likeness (QED) is 0.676. The van der Waals surface area contributed by atoms with Gasteiger partial charge in [-0.3, -0.25) is 4.79 Å². The van der Waals surface area contributed by atoms with Crippen LogP contribution in [0.2, 0.25) is 5.02 Å². The van der Waals surface area contributed by atoms with Crippen molar-refractivity contribution in [2.24, 2.45) is 5.41 Å². The number of rotatable bonds is 1. The number of amides is 1. The highest BCUT2D eigenvalue weighted by atomic mass is 35.5. The van der Waals surface area contributed by atoms with E-state index < -0.39 is 0 Å². The molecule has 0 unspecified atom stereocenters. The maximum absolute atomic E-state index is 12.9. The number of hydrogen-bond donors (Lipinski definition) is 0. The Morgan fingerprint density at radius 1 is 1.24 bits per heavy atom.